The molecule has 0 saturated carbocycles. The molecular formula is C13H24F2N2. The number of likely N-dealkylation sites (tertiary alicyclic amines) is 2. The Morgan fingerprint density at radius 2 is 1.76 bits per heavy atom. The fourth-order valence-corrected chi connectivity index (χ4v) is 3.18. The van der Waals surface area contributed by atoms with Gasteiger partial charge >= 0.3 is 0 Å². The Morgan fingerprint density at radius 3 is 2.24 bits per heavy atom. The number of rotatable bonds is 3. The molecule has 2 saturated heterocycles. The Kier molecular flexibility index (Phi) is 3.47. The second kappa shape index (κ2) is 4.47. The summed E-state index contributed by atoms with van der Waals surface area (Å²) in [4.78, 5) is 4.05. The Hall–Kier alpha value is -0.220. The molecule has 0 aromatic carbocycles. The molecule has 0 aromatic rings. The first-order valence-corrected chi connectivity index (χ1v) is 6.71. The van der Waals surface area contributed by atoms with Crippen molar-refractivity contribution < 1.29 is 8.78 Å². The smallest absolute Gasteiger partial charge is 0.268 e. The maximum absolute atomic E-state index is 14.2. The maximum Gasteiger partial charge on any atom is 0.268 e. The van der Waals surface area contributed by atoms with Gasteiger partial charge in [0, 0.05) is 19.6 Å². The average Bonchev–Trinajstić information content (AvgIpc) is 2.12. The molecule has 2 fully saturated rings. The second-order valence-corrected chi connectivity index (χ2v) is 6.17. The van der Waals surface area contributed by atoms with Gasteiger partial charge in [0.15, 0.2) is 0 Å². The minimum absolute atomic E-state index is 0.0390. The van der Waals surface area contributed by atoms with Crippen LogP contribution < -0.4 is 0 Å². The van der Waals surface area contributed by atoms with Crippen LogP contribution in [0.3, 0.4) is 0 Å². The van der Waals surface area contributed by atoms with Crippen LogP contribution in [0.25, 0.3) is 0 Å². The molecule has 2 heterocycles. The zero-order valence-electron chi connectivity index (χ0n) is 11.2. The van der Waals surface area contributed by atoms with Gasteiger partial charge in [-0.25, -0.2) is 8.78 Å². The molecule has 0 bridgehead atoms. The van der Waals surface area contributed by atoms with E-state index in [0.717, 1.165) is 19.6 Å². The molecule has 0 amide bonds. The third-order valence-electron chi connectivity index (χ3n) is 4.23. The van der Waals surface area contributed by atoms with Gasteiger partial charge in [0.2, 0.25) is 0 Å². The molecule has 0 N–H and O–H groups in total. The van der Waals surface area contributed by atoms with E-state index in [1.54, 1.807) is 0 Å². The van der Waals surface area contributed by atoms with Crippen molar-refractivity contribution in [1.82, 2.24) is 9.80 Å². The molecule has 4 heteroatoms. The number of halogens is 2. The van der Waals surface area contributed by atoms with E-state index >= 15 is 0 Å². The molecular weight excluding hydrogens is 222 g/mol. The summed E-state index contributed by atoms with van der Waals surface area (Å²) in [6, 6.07) is 0. The van der Waals surface area contributed by atoms with Crippen molar-refractivity contribution in [3.05, 3.63) is 0 Å². The lowest BCUT2D eigenvalue weighted by atomic mass is 9.69. The Bertz CT molecular complexity index is 273. The quantitative estimate of drug-likeness (QED) is 0.754. The van der Waals surface area contributed by atoms with Gasteiger partial charge in [-0.2, -0.15) is 0 Å². The molecule has 0 atom stereocenters. The van der Waals surface area contributed by atoms with Crippen molar-refractivity contribution in [2.75, 3.05) is 39.3 Å². The third kappa shape index (κ3) is 2.34. The minimum Gasteiger partial charge on any atom is -0.302 e. The highest BCUT2D eigenvalue weighted by Gasteiger charge is 2.61. The van der Waals surface area contributed by atoms with Gasteiger partial charge in [-0.1, -0.05) is 20.8 Å². The molecule has 17 heavy (non-hydrogen) atoms. The van der Waals surface area contributed by atoms with E-state index in [2.05, 4.69) is 18.7 Å². The highest BCUT2D eigenvalue weighted by molar-refractivity contribution is 5.07. The van der Waals surface area contributed by atoms with Gasteiger partial charge < -0.3 is 4.90 Å². The molecule has 0 aromatic heterocycles. The first-order valence-electron chi connectivity index (χ1n) is 6.71. The van der Waals surface area contributed by atoms with Gasteiger partial charge in [-0.05, 0) is 25.4 Å². The summed E-state index contributed by atoms with van der Waals surface area (Å²) < 4.78 is 28.5. The van der Waals surface area contributed by atoms with Gasteiger partial charge in [0.25, 0.3) is 5.92 Å². The van der Waals surface area contributed by atoms with Gasteiger partial charge in [-0.3, -0.25) is 4.90 Å². The third-order valence-corrected chi connectivity index (χ3v) is 4.23. The first kappa shape index (κ1) is 13.2. The highest BCUT2D eigenvalue weighted by Crippen LogP contribution is 2.49. The van der Waals surface area contributed by atoms with Crippen LogP contribution in [-0.2, 0) is 0 Å². The van der Waals surface area contributed by atoms with Crippen molar-refractivity contribution in [1.29, 1.82) is 0 Å². The van der Waals surface area contributed by atoms with Crippen molar-refractivity contribution in [3.63, 3.8) is 0 Å². The van der Waals surface area contributed by atoms with Crippen LogP contribution >= 0.6 is 0 Å². The molecule has 2 aliphatic rings. The van der Waals surface area contributed by atoms with Crippen LogP contribution in [0.1, 0.15) is 27.2 Å². The summed E-state index contributed by atoms with van der Waals surface area (Å²) in [5.74, 6) is -2.04. The molecule has 2 nitrogen and oxygen atoms in total. The van der Waals surface area contributed by atoms with Gasteiger partial charge in [-0.15, -0.1) is 0 Å². The SMILES string of the molecule is CCN1CC2(CCN(CC(C)C)CC2(F)F)C1. The van der Waals surface area contributed by atoms with E-state index < -0.39 is 11.3 Å². The van der Waals surface area contributed by atoms with Gasteiger partial charge in [0.05, 0.1) is 12.0 Å². The topological polar surface area (TPSA) is 6.48 Å². The lowest BCUT2D eigenvalue weighted by molar-refractivity contribution is -0.224. The molecule has 2 rings (SSSR count). The first-order chi connectivity index (χ1) is 7.88. The Morgan fingerprint density at radius 1 is 1.12 bits per heavy atom. The van der Waals surface area contributed by atoms with Crippen molar-refractivity contribution >= 4 is 0 Å². The summed E-state index contributed by atoms with van der Waals surface area (Å²) in [5.41, 5.74) is -0.712. The van der Waals surface area contributed by atoms with Crippen molar-refractivity contribution in [3.8, 4) is 0 Å². The monoisotopic (exact) mass is 246 g/mol. The summed E-state index contributed by atoms with van der Waals surface area (Å²) in [6.07, 6.45) is 0.656. The van der Waals surface area contributed by atoms with Crippen molar-refractivity contribution in [2.24, 2.45) is 11.3 Å². The molecule has 0 aliphatic carbocycles. The number of hydrogen-bond acceptors (Lipinski definition) is 2. The summed E-state index contributed by atoms with van der Waals surface area (Å²) >= 11 is 0. The standard InChI is InChI=1S/C13H24F2N2/c1-4-16-8-12(9-16)5-6-17(7-11(2)3)10-13(12,14)15/h11H,4-10H2,1-3H3. The fourth-order valence-electron chi connectivity index (χ4n) is 3.18. The average molecular weight is 246 g/mol. The Balaban J connectivity index is 1.96. The summed E-state index contributed by atoms with van der Waals surface area (Å²) in [6.45, 7) is 9.89. The molecule has 1 spiro atoms. The van der Waals surface area contributed by atoms with E-state index in [-0.39, 0.29) is 6.54 Å². The number of piperidine rings is 1. The molecule has 0 radical (unpaired) electrons. The van der Waals surface area contributed by atoms with E-state index in [9.17, 15) is 8.78 Å². The van der Waals surface area contributed by atoms with Crippen LogP contribution in [0, 0.1) is 11.3 Å². The number of nitrogens with zero attached hydrogens (tertiary/aromatic N) is 2. The Labute approximate surface area is 103 Å². The zero-order chi connectivity index (χ0) is 12.7. The predicted octanol–water partition coefficient (Wildman–Crippen LogP) is 2.31. The predicted molar refractivity (Wildman–Crippen MR) is 65.4 cm³/mol. The normalized spacial score (nSPS) is 28.6. The van der Waals surface area contributed by atoms with Crippen LogP contribution in [0.4, 0.5) is 8.78 Å². The van der Waals surface area contributed by atoms with Crippen molar-refractivity contribution in [2.45, 2.75) is 33.1 Å². The maximum atomic E-state index is 14.2. The number of alkyl halides is 2. The second-order valence-electron chi connectivity index (χ2n) is 6.17. The van der Waals surface area contributed by atoms with E-state index in [0.29, 0.717) is 25.4 Å². The lowest BCUT2D eigenvalue weighted by Crippen LogP contribution is -2.70. The van der Waals surface area contributed by atoms with Crippen LogP contribution in [-0.4, -0.2) is 55.0 Å². The minimum atomic E-state index is -2.51. The van der Waals surface area contributed by atoms with E-state index in [1.807, 2.05) is 11.8 Å². The fraction of sp³-hybridized carbons (Fsp3) is 1.00. The largest absolute Gasteiger partial charge is 0.302 e. The summed E-state index contributed by atoms with van der Waals surface area (Å²) in [7, 11) is 0. The van der Waals surface area contributed by atoms with E-state index in [1.165, 1.54) is 0 Å². The van der Waals surface area contributed by atoms with Crippen LogP contribution in [0.5, 0.6) is 0 Å². The molecule has 100 valence electrons. The van der Waals surface area contributed by atoms with Crippen LogP contribution in [0.15, 0.2) is 0 Å². The molecule has 2 aliphatic heterocycles. The van der Waals surface area contributed by atoms with Gasteiger partial charge in [0.1, 0.15) is 0 Å². The highest BCUT2D eigenvalue weighted by atomic mass is 19.3. The summed E-state index contributed by atoms with van der Waals surface area (Å²) in [5, 5.41) is 0. The lowest BCUT2D eigenvalue weighted by Gasteiger charge is -2.57. The zero-order valence-corrected chi connectivity index (χ0v) is 11.2. The van der Waals surface area contributed by atoms with E-state index in [4.69, 9.17) is 0 Å². The molecule has 0 unspecified atom stereocenters. The van der Waals surface area contributed by atoms with Crippen LogP contribution in [0.2, 0.25) is 0 Å². The number of hydrogen-bond donors (Lipinski definition) is 0.